The molecule has 0 aliphatic carbocycles. The van der Waals surface area contributed by atoms with Crippen molar-refractivity contribution < 1.29 is 34.2 Å². The first-order valence-corrected chi connectivity index (χ1v) is 12.5. The van der Waals surface area contributed by atoms with E-state index in [4.69, 9.17) is 16.6 Å². The first-order valence-electron chi connectivity index (χ1n) is 12.5. The van der Waals surface area contributed by atoms with Crippen LogP contribution in [0.25, 0.3) is 0 Å². The highest BCUT2D eigenvalue weighted by Crippen LogP contribution is 2.20. The van der Waals surface area contributed by atoms with Gasteiger partial charge in [-0.2, -0.15) is 0 Å². The molecular formula is C25H37N5O7. The molecule has 0 radical (unpaired) electrons. The molecular weight excluding hydrogens is 482 g/mol. The lowest BCUT2D eigenvalue weighted by Crippen LogP contribution is -2.57. The third-order valence-corrected chi connectivity index (χ3v) is 6.30. The minimum Gasteiger partial charge on any atom is -0.481 e. The van der Waals surface area contributed by atoms with E-state index in [0.29, 0.717) is 32.2 Å². The number of carbonyl (C=O) groups excluding carboxylic acids is 3. The van der Waals surface area contributed by atoms with Crippen LogP contribution >= 0.6 is 0 Å². The molecule has 1 saturated heterocycles. The van der Waals surface area contributed by atoms with E-state index < -0.39 is 53.8 Å². The molecule has 1 fully saturated rings. The average Bonchev–Trinajstić information content (AvgIpc) is 3.36. The number of hydrogen-bond donors (Lipinski definition) is 6. The molecule has 12 heteroatoms. The van der Waals surface area contributed by atoms with Gasteiger partial charge in [-0.3, -0.25) is 19.2 Å². The zero-order chi connectivity index (χ0) is 27.4. The number of rotatable bonds is 15. The molecule has 1 aromatic carbocycles. The molecule has 12 nitrogen and oxygen atoms in total. The summed E-state index contributed by atoms with van der Waals surface area (Å²) in [5.41, 5.74) is 12.1. The Bertz CT molecular complexity index is 943. The summed E-state index contributed by atoms with van der Waals surface area (Å²) < 4.78 is 0. The Morgan fingerprint density at radius 1 is 1.00 bits per heavy atom. The summed E-state index contributed by atoms with van der Waals surface area (Å²) in [5, 5.41) is 23.5. The molecule has 0 saturated carbocycles. The first kappa shape index (κ1) is 29.7. The van der Waals surface area contributed by atoms with Gasteiger partial charge in [0.05, 0.1) is 6.04 Å². The highest BCUT2D eigenvalue weighted by Gasteiger charge is 2.39. The largest absolute Gasteiger partial charge is 0.481 e. The number of nitrogens with one attached hydrogen (secondary N) is 2. The van der Waals surface area contributed by atoms with Crippen molar-refractivity contribution in [3.05, 3.63) is 35.9 Å². The Kier molecular flexibility index (Phi) is 12.0. The van der Waals surface area contributed by atoms with Crippen LogP contribution in [0, 0.1) is 0 Å². The smallest absolute Gasteiger partial charge is 0.326 e. The van der Waals surface area contributed by atoms with Gasteiger partial charge in [0, 0.05) is 19.4 Å². The summed E-state index contributed by atoms with van der Waals surface area (Å²) in [6.07, 6.45) is 2.03. The number of hydrogen-bond acceptors (Lipinski definition) is 7. The highest BCUT2D eigenvalue weighted by molar-refractivity contribution is 5.94. The third kappa shape index (κ3) is 9.47. The topological polar surface area (TPSA) is 205 Å². The van der Waals surface area contributed by atoms with E-state index in [1.165, 1.54) is 4.90 Å². The van der Waals surface area contributed by atoms with Gasteiger partial charge >= 0.3 is 11.9 Å². The minimum atomic E-state index is -1.16. The Hall–Kier alpha value is -3.51. The predicted molar refractivity (Wildman–Crippen MR) is 134 cm³/mol. The van der Waals surface area contributed by atoms with E-state index in [9.17, 15) is 29.1 Å². The van der Waals surface area contributed by atoms with Crippen LogP contribution < -0.4 is 22.1 Å². The average molecular weight is 520 g/mol. The van der Waals surface area contributed by atoms with Crippen LogP contribution in [0.15, 0.2) is 30.3 Å². The Morgan fingerprint density at radius 3 is 2.32 bits per heavy atom. The molecule has 0 aromatic heterocycles. The van der Waals surface area contributed by atoms with Gasteiger partial charge < -0.3 is 37.2 Å². The quantitative estimate of drug-likeness (QED) is 0.166. The van der Waals surface area contributed by atoms with Crippen LogP contribution in [0.4, 0.5) is 0 Å². The van der Waals surface area contributed by atoms with Gasteiger partial charge in [0.15, 0.2) is 0 Å². The number of carbonyl (C=O) groups is 5. The standard InChI is InChI=1S/C25H37N5O7/c26-13-5-4-9-18(25(36)37)28-23(34)20-10-6-14-30(20)24(35)19(15-16-7-2-1-3-8-16)29-22(33)17(27)11-12-21(31)32/h1-3,7-8,17-20H,4-6,9-15,26-27H2,(H,28,34)(H,29,33)(H,31,32)(H,36,37). The van der Waals surface area contributed by atoms with Crippen LogP contribution in [0.1, 0.15) is 50.5 Å². The zero-order valence-corrected chi connectivity index (χ0v) is 20.8. The predicted octanol–water partition coefficient (Wildman–Crippen LogP) is -0.405. The van der Waals surface area contributed by atoms with E-state index in [1.807, 2.05) is 6.07 Å². The van der Waals surface area contributed by atoms with Gasteiger partial charge in [0.25, 0.3) is 0 Å². The molecule has 37 heavy (non-hydrogen) atoms. The zero-order valence-electron chi connectivity index (χ0n) is 20.8. The molecule has 4 atom stereocenters. The molecule has 204 valence electrons. The van der Waals surface area contributed by atoms with Crippen LogP contribution in [-0.4, -0.2) is 82.0 Å². The first-order chi connectivity index (χ1) is 17.6. The molecule has 8 N–H and O–H groups in total. The number of carboxylic acids is 2. The fourth-order valence-corrected chi connectivity index (χ4v) is 4.26. The molecule has 1 aliphatic rings. The lowest BCUT2D eigenvalue weighted by atomic mass is 10.0. The van der Waals surface area contributed by atoms with Crippen molar-refractivity contribution in [2.24, 2.45) is 11.5 Å². The summed E-state index contributed by atoms with van der Waals surface area (Å²) in [4.78, 5) is 63.1. The third-order valence-electron chi connectivity index (χ3n) is 6.30. The Balaban J connectivity index is 2.16. The molecule has 0 spiro atoms. The van der Waals surface area contributed by atoms with Crippen LogP contribution in [0.2, 0.25) is 0 Å². The SMILES string of the molecule is NCCCCC(NC(=O)C1CCCN1C(=O)C(Cc1ccccc1)NC(=O)C(N)CCC(=O)O)C(=O)O. The molecule has 3 amide bonds. The highest BCUT2D eigenvalue weighted by atomic mass is 16.4. The van der Waals surface area contributed by atoms with Crippen LogP contribution in [-0.2, 0) is 30.4 Å². The number of carboxylic acid groups (broad SMARTS) is 2. The van der Waals surface area contributed by atoms with E-state index >= 15 is 0 Å². The van der Waals surface area contributed by atoms with Crippen LogP contribution in [0.3, 0.4) is 0 Å². The van der Waals surface area contributed by atoms with Gasteiger partial charge in [-0.25, -0.2) is 4.79 Å². The molecule has 1 aliphatic heterocycles. The number of amides is 3. The second kappa shape index (κ2) is 14.9. The van der Waals surface area contributed by atoms with Gasteiger partial charge in [0.1, 0.15) is 18.1 Å². The lowest BCUT2D eigenvalue weighted by Gasteiger charge is -2.30. The summed E-state index contributed by atoms with van der Waals surface area (Å²) in [6, 6.07) is 4.86. The van der Waals surface area contributed by atoms with Crippen molar-refractivity contribution >= 4 is 29.7 Å². The Labute approximate surface area is 215 Å². The molecule has 0 bridgehead atoms. The van der Waals surface area contributed by atoms with E-state index in [1.54, 1.807) is 24.3 Å². The van der Waals surface area contributed by atoms with Crippen LogP contribution in [0.5, 0.6) is 0 Å². The molecule has 1 aromatic rings. The number of aliphatic carboxylic acids is 2. The number of nitrogens with two attached hydrogens (primary N) is 2. The number of nitrogens with zero attached hydrogens (tertiary/aromatic N) is 1. The summed E-state index contributed by atoms with van der Waals surface area (Å²) in [5.74, 6) is -3.97. The monoisotopic (exact) mass is 519 g/mol. The number of benzene rings is 1. The van der Waals surface area contributed by atoms with Crippen molar-refractivity contribution in [3.63, 3.8) is 0 Å². The van der Waals surface area contributed by atoms with Gasteiger partial charge in [-0.1, -0.05) is 30.3 Å². The second-order valence-electron chi connectivity index (χ2n) is 9.16. The maximum Gasteiger partial charge on any atom is 0.326 e. The summed E-state index contributed by atoms with van der Waals surface area (Å²) in [6.45, 7) is 0.688. The van der Waals surface area contributed by atoms with Gasteiger partial charge in [-0.05, 0) is 50.6 Å². The van der Waals surface area contributed by atoms with Crippen molar-refractivity contribution in [2.45, 2.75) is 75.5 Å². The minimum absolute atomic E-state index is 0.0944. The lowest BCUT2D eigenvalue weighted by molar-refractivity contribution is -0.145. The maximum atomic E-state index is 13.6. The number of likely N-dealkylation sites (tertiary alicyclic amines) is 1. The molecule has 2 rings (SSSR count). The Morgan fingerprint density at radius 2 is 1.70 bits per heavy atom. The second-order valence-corrected chi connectivity index (χ2v) is 9.16. The molecule has 1 heterocycles. The normalized spacial score (nSPS) is 17.5. The molecule has 4 unspecified atom stereocenters. The van der Waals surface area contributed by atoms with E-state index in [0.717, 1.165) is 5.56 Å². The van der Waals surface area contributed by atoms with E-state index in [-0.39, 0.29) is 32.2 Å². The van der Waals surface area contributed by atoms with Crippen molar-refractivity contribution in [1.29, 1.82) is 0 Å². The maximum absolute atomic E-state index is 13.6. The van der Waals surface area contributed by atoms with Crippen molar-refractivity contribution in [1.82, 2.24) is 15.5 Å². The summed E-state index contributed by atoms with van der Waals surface area (Å²) in [7, 11) is 0. The van der Waals surface area contributed by atoms with Crippen molar-refractivity contribution in [3.8, 4) is 0 Å². The van der Waals surface area contributed by atoms with Gasteiger partial charge in [-0.15, -0.1) is 0 Å². The summed E-state index contributed by atoms with van der Waals surface area (Å²) >= 11 is 0. The number of unbranched alkanes of at least 4 members (excludes halogenated alkanes) is 1. The van der Waals surface area contributed by atoms with E-state index in [2.05, 4.69) is 10.6 Å². The fourth-order valence-electron chi connectivity index (χ4n) is 4.26. The fraction of sp³-hybridized carbons (Fsp3) is 0.560. The van der Waals surface area contributed by atoms with Crippen molar-refractivity contribution in [2.75, 3.05) is 13.1 Å². The van der Waals surface area contributed by atoms with Gasteiger partial charge in [0.2, 0.25) is 17.7 Å².